The van der Waals surface area contributed by atoms with Crippen LogP contribution in [0.4, 0.5) is 0 Å². The van der Waals surface area contributed by atoms with Crippen molar-refractivity contribution in [1.82, 2.24) is 0 Å². The van der Waals surface area contributed by atoms with Gasteiger partial charge in [0.05, 0.1) is 5.92 Å². The fourth-order valence-electron chi connectivity index (χ4n) is 3.60. The van der Waals surface area contributed by atoms with Crippen LogP contribution < -0.4 is 0 Å². The minimum absolute atomic E-state index is 0.155. The van der Waals surface area contributed by atoms with Gasteiger partial charge in [0.2, 0.25) is 0 Å². The molecule has 22 heavy (non-hydrogen) atoms. The molecule has 0 spiro atoms. The van der Waals surface area contributed by atoms with Crippen molar-refractivity contribution < 1.29 is 9.59 Å². The molecule has 0 atom stereocenters. The molecular weight excluding hydrogens is 272 g/mol. The Morgan fingerprint density at radius 3 is 1.14 bits per heavy atom. The molecule has 1 aliphatic carbocycles. The Kier molecular flexibility index (Phi) is 10.4. The number of hydrogen-bond acceptors (Lipinski definition) is 2. The predicted octanol–water partition coefficient (Wildman–Crippen LogP) is 5.87. The summed E-state index contributed by atoms with van der Waals surface area (Å²) >= 11 is 0. The van der Waals surface area contributed by atoms with E-state index in [-0.39, 0.29) is 23.4 Å². The van der Waals surface area contributed by atoms with Crippen LogP contribution in [0.2, 0.25) is 0 Å². The first-order valence-corrected chi connectivity index (χ1v) is 9.68. The van der Waals surface area contributed by atoms with Gasteiger partial charge >= 0.3 is 0 Å². The Morgan fingerprint density at radius 1 is 0.591 bits per heavy atom. The Balaban J connectivity index is 2.50. The highest BCUT2D eigenvalue weighted by Crippen LogP contribution is 2.21. The molecule has 0 aromatic heterocycles. The lowest BCUT2D eigenvalue weighted by Gasteiger charge is -2.18. The monoisotopic (exact) mass is 308 g/mol. The van der Waals surface area contributed by atoms with Gasteiger partial charge in [-0.15, -0.1) is 0 Å². The average Bonchev–Trinajstić information content (AvgIpc) is 2.46. The molecule has 0 aliphatic heterocycles. The van der Waals surface area contributed by atoms with E-state index in [0.29, 0.717) is 12.8 Å². The summed E-state index contributed by atoms with van der Waals surface area (Å²) in [7, 11) is 0. The lowest BCUT2D eigenvalue weighted by Crippen LogP contribution is -2.28. The molecule has 0 heterocycles. The van der Waals surface area contributed by atoms with Crippen LogP contribution in [0.15, 0.2) is 0 Å². The first-order valence-electron chi connectivity index (χ1n) is 9.68. The lowest BCUT2D eigenvalue weighted by atomic mass is 9.83. The fraction of sp³-hybridized carbons (Fsp3) is 0.900. The van der Waals surface area contributed by atoms with Gasteiger partial charge in [0.15, 0.2) is 0 Å². The molecule has 0 aromatic carbocycles. The summed E-state index contributed by atoms with van der Waals surface area (Å²) in [5.74, 6) is 0.214. The van der Waals surface area contributed by atoms with E-state index in [0.717, 1.165) is 25.7 Å². The topological polar surface area (TPSA) is 34.1 Å². The van der Waals surface area contributed by atoms with Crippen molar-refractivity contribution >= 4 is 11.6 Å². The van der Waals surface area contributed by atoms with Gasteiger partial charge in [-0.05, 0) is 18.8 Å². The third-order valence-electron chi connectivity index (χ3n) is 4.96. The van der Waals surface area contributed by atoms with Gasteiger partial charge in [-0.2, -0.15) is 0 Å². The molecular formula is C20H36O2. The molecule has 0 radical (unpaired) electrons. The predicted molar refractivity (Wildman–Crippen MR) is 93.0 cm³/mol. The first kappa shape index (κ1) is 19.4. The summed E-state index contributed by atoms with van der Waals surface area (Å²) in [5.41, 5.74) is 0. The standard InChI is InChI=1S/C20H36O2/c1-17(2)20-18(21)15-13-11-9-7-5-3-4-6-8-10-12-14-16-19(20)22/h17,20H,3-16H2,1-2H3. The molecule has 0 saturated heterocycles. The molecule has 0 bridgehead atoms. The minimum atomic E-state index is -0.337. The largest absolute Gasteiger partial charge is 0.299 e. The molecule has 1 fully saturated rings. The number of ketones is 2. The van der Waals surface area contributed by atoms with Crippen molar-refractivity contribution in [3.63, 3.8) is 0 Å². The van der Waals surface area contributed by atoms with Crippen molar-refractivity contribution in [2.75, 3.05) is 0 Å². The highest BCUT2D eigenvalue weighted by molar-refractivity contribution is 6.02. The van der Waals surface area contributed by atoms with Gasteiger partial charge in [0, 0.05) is 12.8 Å². The highest BCUT2D eigenvalue weighted by atomic mass is 16.1. The average molecular weight is 309 g/mol. The van der Waals surface area contributed by atoms with Gasteiger partial charge in [-0.3, -0.25) is 9.59 Å². The van der Waals surface area contributed by atoms with Gasteiger partial charge in [0.1, 0.15) is 11.6 Å². The van der Waals surface area contributed by atoms with E-state index in [1.807, 2.05) is 13.8 Å². The van der Waals surface area contributed by atoms with E-state index in [1.54, 1.807) is 0 Å². The van der Waals surface area contributed by atoms with E-state index in [2.05, 4.69) is 0 Å². The number of carbonyl (C=O) groups is 2. The maximum atomic E-state index is 12.4. The Hall–Kier alpha value is -0.660. The summed E-state index contributed by atoms with van der Waals surface area (Å²) in [5, 5.41) is 0. The van der Waals surface area contributed by atoms with Crippen LogP contribution in [0.25, 0.3) is 0 Å². The molecule has 0 amide bonds. The zero-order chi connectivity index (χ0) is 16.2. The fourth-order valence-corrected chi connectivity index (χ4v) is 3.60. The second kappa shape index (κ2) is 11.8. The van der Waals surface area contributed by atoms with Gasteiger partial charge < -0.3 is 0 Å². The van der Waals surface area contributed by atoms with Gasteiger partial charge in [-0.25, -0.2) is 0 Å². The third kappa shape index (κ3) is 8.10. The zero-order valence-electron chi connectivity index (χ0n) is 14.9. The van der Waals surface area contributed by atoms with Crippen LogP contribution in [-0.4, -0.2) is 11.6 Å². The van der Waals surface area contributed by atoms with Crippen molar-refractivity contribution in [1.29, 1.82) is 0 Å². The lowest BCUT2D eigenvalue weighted by molar-refractivity contribution is -0.134. The molecule has 0 unspecified atom stereocenters. The summed E-state index contributed by atoms with van der Waals surface area (Å²) in [4.78, 5) is 24.8. The van der Waals surface area contributed by atoms with Crippen LogP contribution in [0.5, 0.6) is 0 Å². The zero-order valence-corrected chi connectivity index (χ0v) is 14.9. The van der Waals surface area contributed by atoms with Crippen LogP contribution in [0, 0.1) is 11.8 Å². The molecule has 2 nitrogen and oxygen atoms in total. The Morgan fingerprint density at radius 2 is 0.864 bits per heavy atom. The molecule has 1 rings (SSSR count). The number of carbonyl (C=O) groups excluding carboxylic acids is 2. The van der Waals surface area contributed by atoms with Crippen molar-refractivity contribution in [2.24, 2.45) is 11.8 Å². The quantitative estimate of drug-likeness (QED) is 0.567. The molecule has 128 valence electrons. The molecule has 0 N–H and O–H groups in total. The molecule has 1 aliphatic rings. The van der Waals surface area contributed by atoms with Gasteiger partial charge in [-0.1, -0.05) is 78.1 Å². The minimum Gasteiger partial charge on any atom is -0.299 e. The number of hydrogen-bond donors (Lipinski definition) is 0. The third-order valence-corrected chi connectivity index (χ3v) is 4.96. The van der Waals surface area contributed by atoms with Crippen LogP contribution in [0.3, 0.4) is 0 Å². The van der Waals surface area contributed by atoms with E-state index >= 15 is 0 Å². The van der Waals surface area contributed by atoms with Crippen LogP contribution >= 0.6 is 0 Å². The first-order chi connectivity index (χ1) is 10.6. The van der Waals surface area contributed by atoms with Crippen molar-refractivity contribution in [2.45, 2.75) is 104 Å². The SMILES string of the molecule is CC(C)C1C(=O)CCCCCCCCCCCCCCC1=O. The molecule has 1 saturated carbocycles. The Labute approximate surface area is 137 Å². The van der Waals surface area contributed by atoms with Crippen LogP contribution in [-0.2, 0) is 9.59 Å². The summed E-state index contributed by atoms with van der Waals surface area (Å²) in [6, 6.07) is 0. The van der Waals surface area contributed by atoms with Crippen LogP contribution in [0.1, 0.15) is 104 Å². The normalized spacial score (nSPS) is 22.7. The van der Waals surface area contributed by atoms with E-state index in [1.165, 1.54) is 51.4 Å². The number of Topliss-reactive ketones (excluding diaryl/α,β-unsaturated/α-hetero) is 2. The second-order valence-electron chi connectivity index (χ2n) is 7.40. The van der Waals surface area contributed by atoms with Gasteiger partial charge in [0.25, 0.3) is 0 Å². The maximum Gasteiger partial charge on any atom is 0.143 e. The van der Waals surface area contributed by atoms with E-state index < -0.39 is 0 Å². The smallest absolute Gasteiger partial charge is 0.143 e. The van der Waals surface area contributed by atoms with E-state index in [9.17, 15) is 9.59 Å². The summed E-state index contributed by atoms with van der Waals surface area (Å²) < 4.78 is 0. The maximum absolute atomic E-state index is 12.4. The molecule has 2 heteroatoms. The molecule has 0 aromatic rings. The summed E-state index contributed by atoms with van der Waals surface area (Å²) in [6.07, 6.45) is 16.0. The van der Waals surface area contributed by atoms with Crippen molar-refractivity contribution in [3.05, 3.63) is 0 Å². The van der Waals surface area contributed by atoms with E-state index in [4.69, 9.17) is 0 Å². The number of rotatable bonds is 1. The highest BCUT2D eigenvalue weighted by Gasteiger charge is 2.28. The van der Waals surface area contributed by atoms with Crippen molar-refractivity contribution in [3.8, 4) is 0 Å². The Bertz CT molecular complexity index is 292. The summed E-state index contributed by atoms with van der Waals surface area (Å²) in [6.45, 7) is 4.03. The second-order valence-corrected chi connectivity index (χ2v) is 7.40.